The number of nitrogens with zero attached hydrogens (tertiary/aromatic N) is 3. The summed E-state index contributed by atoms with van der Waals surface area (Å²) in [6, 6.07) is 17.2. The Bertz CT molecular complexity index is 2490. The highest BCUT2D eigenvalue weighted by Crippen LogP contribution is 2.54. The normalized spacial score (nSPS) is 23.4. The van der Waals surface area contributed by atoms with Crippen LogP contribution in [0.25, 0.3) is 0 Å². The summed E-state index contributed by atoms with van der Waals surface area (Å²) < 4.78 is 131. The fraction of sp³-hybridized carbons (Fsp3) is 0.571. The average Bonchev–Trinajstić information content (AvgIpc) is 3.30. The van der Waals surface area contributed by atoms with Crippen molar-refractivity contribution < 1.29 is 53.4 Å². The second-order valence-electron chi connectivity index (χ2n) is 19.5. The van der Waals surface area contributed by atoms with Crippen LogP contribution in [-0.2, 0) is 24.6 Å². The molecule has 2 saturated heterocycles. The minimum absolute atomic E-state index is 0.0172. The van der Waals surface area contributed by atoms with Gasteiger partial charge in [0.05, 0.1) is 29.9 Å². The third-order valence-electron chi connectivity index (χ3n) is 14.2. The van der Waals surface area contributed by atoms with Crippen LogP contribution in [0.5, 0.6) is 0 Å². The largest absolute Gasteiger partial charge is 0.501 e. The number of amides is 1. The number of rotatable bonds is 19. The molecule has 7 rings (SSSR count). The number of halogens is 5. The van der Waals surface area contributed by atoms with Gasteiger partial charge >= 0.3 is 5.51 Å². The lowest BCUT2D eigenvalue weighted by Crippen LogP contribution is -2.48. The number of carbonyl (C=O) groups excluding carboxylic acids is 1. The number of piperazine rings is 1. The number of anilines is 2. The predicted octanol–water partition coefficient (Wildman–Crippen LogP) is 8.31. The van der Waals surface area contributed by atoms with Gasteiger partial charge in [-0.15, -0.1) is 11.8 Å². The number of hydrogen-bond donors (Lipinski definition) is 3. The second kappa shape index (κ2) is 22.3. The van der Waals surface area contributed by atoms with Gasteiger partial charge in [-0.05, 0) is 104 Å². The lowest BCUT2D eigenvalue weighted by molar-refractivity contribution is -0.0529. The summed E-state index contributed by atoms with van der Waals surface area (Å²) in [5, 5.41) is 12.6. The molecule has 3 aromatic rings. The number of allylic oxidation sites excluding steroid dienone is 1. The van der Waals surface area contributed by atoms with Crippen molar-refractivity contribution in [1.82, 2.24) is 14.5 Å². The van der Waals surface area contributed by atoms with E-state index in [1.54, 1.807) is 12.1 Å². The van der Waals surface area contributed by atoms with Crippen LogP contribution in [0.2, 0.25) is 0 Å². The van der Waals surface area contributed by atoms with Gasteiger partial charge in [-0.3, -0.25) is 14.6 Å². The molecule has 5 atom stereocenters. The zero-order valence-corrected chi connectivity index (χ0v) is 41.7. The van der Waals surface area contributed by atoms with E-state index in [9.17, 15) is 48.7 Å². The maximum atomic E-state index is 14.2. The summed E-state index contributed by atoms with van der Waals surface area (Å²) in [5.74, 6) is -1.05. The van der Waals surface area contributed by atoms with Crippen LogP contribution in [0.15, 0.2) is 98.6 Å². The lowest BCUT2D eigenvalue weighted by Gasteiger charge is -2.49. The summed E-state index contributed by atoms with van der Waals surface area (Å²) in [7, 11) is -11.0. The monoisotopic (exact) mass is 1030 g/mol. The van der Waals surface area contributed by atoms with Gasteiger partial charge in [-0.1, -0.05) is 56.5 Å². The predicted molar refractivity (Wildman–Crippen MR) is 258 cm³/mol. The van der Waals surface area contributed by atoms with Gasteiger partial charge in [0.15, 0.2) is 0 Å². The highest BCUT2D eigenvalue weighted by molar-refractivity contribution is 7.99. The van der Waals surface area contributed by atoms with Crippen molar-refractivity contribution in [2.24, 2.45) is 23.2 Å². The molecule has 69 heavy (non-hydrogen) atoms. The summed E-state index contributed by atoms with van der Waals surface area (Å²) >= 11 is 1.41. The van der Waals surface area contributed by atoms with E-state index in [2.05, 4.69) is 29.0 Å². The van der Waals surface area contributed by atoms with Crippen LogP contribution < -0.4 is 14.9 Å². The molecule has 5 unspecified atom stereocenters. The van der Waals surface area contributed by atoms with E-state index in [1.165, 1.54) is 35.0 Å². The molecule has 4 aliphatic rings. The Morgan fingerprint density at radius 2 is 1.67 bits per heavy atom. The molecule has 1 amide bonds. The quantitative estimate of drug-likeness (QED) is 0.0603. The second-order valence-corrected chi connectivity index (χ2v) is 24.1. The van der Waals surface area contributed by atoms with Crippen molar-refractivity contribution in [3.05, 3.63) is 89.5 Å². The van der Waals surface area contributed by atoms with Crippen molar-refractivity contribution >= 4 is 48.9 Å². The Kier molecular flexibility index (Phi) is 17.2. The van der Waals surface area contributed by atoms with Crippen LogP contribution >= 0.6 is 11.8 Å². The van der Waals surface area contributed by atoms with Crippen LogP contribution in [0.1, 0.15) is 69.7 Å². The summed E-state index contributed by atoms with van der Waals surface area (Å²) in [6.45, 7) is 11.9. The number of carbonyl (C=O) groups is 1. The standard InChI is InChI=1S/C49H64F5N5O7S3/c1-4-40-41(27-42(40)46(50)51)43-28-48(2,3)18-16-34(43)29-58-20-22-59(23-21-58)36-12-10-33(11-13-36)47(61)56-69(64,65)39-14-15-44(45(26-39)68(62,63)49(52,53)54)55-35(32-67-38-8-6-5-7-9-38)17-19-57-24-25-66-37(30-57)31-60/h5-15,26,35,37,40-42,46,55,60H,4,16-25,27-32H2,1-3H3,(H,56,61). The first kappa shape index (κ1) is 53.0. The molecule has 2 aliphatic carbocycles. The van der Waals surface area contributed by atoms with Gasteiger partial charge in [0, 0.05) is 86.2 Å². The van der Waals surface area contributed by atoms with Crippen molar-refractivity contribution in [2.45, 2.75) is 98.1 Å². The Morgan fingerprint density at radius 1 is 0.957 bits per heavy atom. The van der Waals surface area contributed by atoms with Gasteiger partial charge in [-0.25, -0.2) is 30.3 Å². The van der Waals surface area contributed by atoms with Gasteiger partial charge in [-0.2, -0.15) is 13.2 Å². The fourth-order valence-electron chi connectivity index (χ4n) is 10.2. The maximum Gasteiger partial charge on any atom is 0.501 e. The molecule has 0 radical (unpaired) electrons. The third-order valence-corrected chi connectivity index (χ3v) is 18.2. The van der Waals surface area contributed by atoms with Gasteiger partial charge < -0.3 is 20.1 Å². The minimum atomic E-state index is -6.11. The Balaban J connectivity index is 1.01. The zero-order chi connectivity index (χ0) is 49.7. The number of sulfone groups is 1. The van der Waals surface area contributed by atoms with Crippen molar-refractivity contribution in [1.29, 1.82) is 0 Å². The average molecular weight is 1030 g/mol. The van der Waals surface area contributed by atoms with Crippen molar-refractivity contribution in [3.8, 4) is 0 Å². The number of benzene rings is 3. The van der Waals surface area contributed by atoms with Crippen LogP contribution in [0.3, 0.4) is 0 Å². The van der Waals surface area contributed by atoms with E-state index in [0.717, 1.165) is 68.0 Å². The minimum Gasteiger partial charge on any atom is -0.394 e. The maximum absolute atomic E-state index is 14.2. The molecule has 20 heteroatoms. The van der Waals surface area contributed by atoms with E-state index in [-0.39, 0.29) is 29.4 Å². The number of morpholine rings is 1. The number of alkyl halides is 5. The number of sulfonamides is 1. The molecule has 1 saturated carbocycles. The topological polar surface area (TPSA) is 149 Å². The summed E-state index contributed by atoms with van der Waals surface area (Å²) in [6.07, 6.45) is 1.92. The number of ether oxygens (including phenoxy) is 1. The first-order valence-electron chi connectivity index (χ1n) is 23.7. The number of thioether (sulfide) groups is 1. The van der Waals surface area contributed by atoms with Crippen molar-refractivity contribution in [3.63, 3.8) is 0 Å². The van der Waals surface area contributed by atoms with E-state index in [0.29, 0.717) is 64.0 Å². The molecule has 3 N–H and O–H groups in total. The van der Waals surface area contributed by atoms with Crippen LogP contribution in [-0.4, -0.2) is 133 Å². The Morgan fingerprint density at radius 3 is 2.32 bits per heavy atom. The number of hydrogen-bond acceptors (Lipinski definition) is 12. The molecule has 2 aliphatic heterocycles. The van der Waals surface area contributed by atoms with E-state index in [4.69, 9.17) is 4.74 Å². The summed E-state index contributed by atoms with van der Waals surface area (Å²) in [4.78, 5) is 18.7. The highest BCUT2D eigenvalue weighted by atomic mass is 32.2. The molecule has 12 nitrogen and oxygen atoms in total. The molecular weight excluding hydrogens is 962 g/mol. The van der Waals surface area contributed by atoms with Crippen molar-refractivity contribution in [2.75, 3.05) is 81.5 Å². The number of aliphatic hydroxyl groups is 1. The Hall–Kier alpha value is -3.79. The molecule has 0 spiro atoms. The van der Waals surface area contributed by atoms with E-state index >= 15 is 0 Å². The molecule has 380 valence electrons. The highest BCUT2D eigenvalue weighted by Gasteiger charge is 2.49. The molecule has 0 aromatic heterocycles. The molecule has 3 aromatic carbocycles. The molecule has 0 bridgehead atoms. The van der Waals surface area contributed by atoms with Crippen LogP contribution in [0, 0.1) is 23.2 Å². The van der Waals surface area contributed by atoms with E-state index in [1.807, 2.05) is 46.9 Å². The SMILES string of the molecule is CCC1C(C2=C(CN3CCN(c4ccc(C(=O)NS(=O)(=O)c5ccc(NC(CCN6CCOC(CO)C6)CSc6ccccc6)c(S(=O)(=O)C(F)(F)F)c5)cc4)CC3)CCC(C)(C)C2)CC1C(F)F. The molecule has 2 heterocycles. The summed E-state index contributed by atoms with van der Waals surface area (Å²) in [5.41, 5.74) is -2.55. The smallest absolute Gasteiger partial charge is 0.394 e. The molecular formula is C49H64F5N5O7S3. The number of aliphatic hydroxyl groups excluding tert-OH is 1. The third kappa shape index (κ3) is 13.0. The lowest BCUT2D eigenvalue weighted by atomic mass is 9.57. The number of nitrogens with one attached hydrogen (secondary N) is 2. The zero-order valence-electron chi connectivity index (χ0n) is 39.3. The Labute approximate surface area is 407 Å². The van der Waals surface area contributed by atoms with Gasteiger partial charge in [0.2, 0.25) is 6.43 Å². The first-order valence-corrected chi connectivity index (χ1v) is 27.6. The fourth-order valence-corrected chi connectivity index (χ4v) is 13.2. The molecule has 3 fully saturated rings. The van der Waals surface area contributed by atoms with E-state index < -0.39 is 71.2 Å². The van der Waals surface area contributed by atoms with Gasteiger partial charge in [0.25, 0.3) is 25.8 Å². The van der Waals surface area contributed by atoms with Crippen LogP contribution in [0.4, 0.5) is 33.3 Å². The first-order chi connectivity index (χ1) is 32.7. The van der Waals surface area contributed by atoms with Gasteiger partial charge in [0.1, 0.15) is 4.90 Å².